The zero-order valence-corrected chi connectivity index (χ0v) is 31.3. The highest BCUT2D eigenvalue weighted by molar-refractivity contribution is 5.98. The molecule has 0 aliphatic carbocycles. The van der Waals surface area contributed by atoms with Crippen molar-refractivity contribution in [3.63, 3.8) is 0 Å². The van der Waals surface area contributed by atoms with E-state index in [1.807, 2.05) is 11.8 Å². The highest BCUT2D eigenvalue weighted by atomic mass is 16.6. The summed E-state index contributed by atoms with van der Waals surface area (Å²) in [5, 5.41) is 2.90. The lowest BCUT2D eigenvalue weighted by atomic mass is 9.98. The zero-order chi connectivity index (χ0) is 35.5. The fraction of sp³-hybridized carbons (Fsp3) is 0.892. The molecule has 3 N–H and O–H groups in total. The van der Waals surface area contributed by atoms with Crippen molar-refractivity contribution in [3.05, 3.63) is 0 Å². The van der Waals surface area contributed by atoms with Gasteiger partial charge >= 0.3 is 12.2 Å². The molecule has 0 aromatic carbocycles. The average molecular weight is 667 g/mol. The predicted octanol–water partition coefficient (Wildman–Crippen LogP) is 8.59. The highest BCUT2D eigenvalue weighted by Crippen LogP contribution is 2.25. The third kappa shape index (κ3) is 17.0. The highest BCUT2D eigenvalue weighted by Gasteiger charge is 2.50. The minimum absolute atomic E-state index is 0.0279. The molecule has 10 heteroatoms. The van der Waals surface area contributed by atoms with Gasteiger partial charge in [0.1, 0.15) is 11.2 Å². The smallest absolute Gasteiger partial charge is 0.421 e. The minimum Gasteiger partial charge on any atom is -0.443 e. The molecule has 274 valence electrons. The number of nitrogens with zero attached hydrogens (tertiary/aromatic N) is 2. The van der Waals surface area contributed by atoms with Gasteiger partial charge in [0.25, 0.3) is 5.91 Å². The standard InChI is InChI=1S/C37H70N4O6/c1-9-11-13-14-15-16-17-18-19-20-21-22-26-31(42)40-28-24-23-25-30(40)29-39-32(43)37(38,27-12-10-2)41(33(44)46-35(3,4)5)34(45)47-36(6,7)8/h30H,9-29,38H2,1-8H3,(H,39,43). The number of nitrogens with one attached hydrogen (secondary N) is 1. The molecule has 1 heterocycles. The van der Waals surface area contributed by atoms with Crippen LogP contribution in [0.15, 0.2) is 0 Å². The normalized spacial score (nSPS) is 16.7. The van der Waals surface area contributed by atoms with Crippen molar-refractivity contribution in [2.24, 2.45) is 5.73 Å². The molecule has 0 aromatic rings. The van der Waals surface area contributed by atoms with Gasteiger partial charge in [-0.1, -0.05) is 90.9 Å². The third-order valence-corrected chi connectivity index (χ3v) is 8.55. The first kappa shape index (κ1) is 42.7. The van der Waals surface area contributed by atoms with Crippen LogP contribution in [0.3, 0.4) is 0 Å². The molecule has 0 saturated carbocycles. The first-order valence-electron chi connectivity index (χ1n) is 18.7. The molecule has 4 amide bonds. The molecule has 2 atom stereocenters. The molecular weight excluding hydrogens is 596 g/mol. The number of rotatable bonds is 20. The van der Waals surface area contributed by atoms with E-state index in [2.05, 4.69) is 12.2 Å². The molecule has 0 bridgehead atoms. The lowest BCUT2D eigenvalue weighted by Gasteiger charge is -2.40. The van der Waals surface area contributed by atoms with Gasteiger partial charge in [-0.15, -0.1) is 0 Å². The van der Waals surface area contributed by atoms with Crippen molar-refractivity contribution in [2.45, 2.75) is 200 Å². The first-order chi connectivity index (χ1) is 22.1. The molecule has 0 aromatic heterocycles. The Morgan fingerprint density at radius 3 is 1.66 bits per heavy atom. The number of unbranched alkanes of at least 4 members (excludes halogenated alkanes) is 12. The Bertz CT molecular complexity index is 916. The second-order valence-electron chi connectivity index (χ2n) is 15.4. The number of ether oxygens (including phenoxy) is 2. The molecule has 1 aliphatic heterocycles. The topological polar surface area (TPSA) is 131 Å². The molecule has 0 spiro atoms. The van der Waals surface area contributed by atoms with Crippen molar-refractivity contribution < 1.29 is 28.7 Å². The molecule has 1 aliphatic rings. The molecule has 47 heavy (non-hydrogen) atoms. The van der Waals surface area contributed by atoms with E-state index in [4.69, 9.17) is 15.2 Å². The Morgan fingerprint density at radius 2 is 1.19 bits per heavy atom. The monoisotopic (exact) mass is 667 g/mol. The average Bonchev–Trinajstić information content (AvgIpc) is 2.97. The van der Waals surface area contributed by atoms with Gasteiger partial charge in [-0.25, -0.2) is 9.59 Å². The van der Waals surface area contributed by atoms with Crippen LogP contribution in [0, 0.1) is 0 Å². The van der Waals surface area contributed by atoms with Gasteiger partial charge in [-0.2, -0.15) is 4.90 Å². The summed E-state index contributed by atoms with van der Waals surface area (Å²) >= 11 is 0. The van der Waals surface area contributed by atoms with Gasteiger partial charge in [0.15, 0.2) is 5.66 Å². The van der Waals surface area contributed by atoms with Gasteiger partial charge in [0, 0.05) is 25.6 Å². The molecule has 2 unspecified atom stereocenters. The van der Waals surface area contributed by atoms with E-state index in [9.17, 15) is 19.2 Å². The first-order valence-corrected chi connectivity index (χ1v) is 18.7. The van der Waals surface area contributed by atoms with Crippen molar-refractivity contribution in [2.75, 3.05) is 13.1 Å². The molecule has 1 rings (SSSR count). The van der Waals surface area contributed by atoms with E-state index in [-0.39, 0.29) is 24.9 Å². The van der Waals surface area contributed by atoms with Gasteiger partial charge in [0.2, 0.25) is 5.91 Å². The maximum Gasteiger partial charge on any atom is 0.421 e. The fourth-order valence-electron chi connectivity index (χ4n) is 5.95. The summed E-state index contributed by atoms with van der Waals surface area (Å²) in [4.78, 5) is 56.5. The second kappa shape index (κ2) is 21.6. The number of hydrogen-bond donors (Lipinski definition) is 2. The summed E-state index contributed by atoms with van der Waals surface area (Å²) < 4.78 is 11.0. The number of imide groups is 1. The molecular formula is C37H70N4O6. The van der Waals surface area contributed by atoms with Crippen LogP contribution in [0.4, 0.5) is 9.59 Å². The Balaban J connectivity index is 2.81. The van der Waals surface area contributed by atoms with Gasteiger partial charge in [-0.05, 0) is 80.1 Å². The van der Waals surface area contributed by atoms with Gasteiger partial charge in [0.05, 0.1) is 0 Å². The number of carbonyl (C=O) groups is 4. The zero-order valence-electron chi connectivity index (χ0n) is 31.3. The Labute approximate surface area is 286 Å². The predicted molar refractivity (Wildman–Crippen MR) is 189 cm³/mol. The maximum absolute atomic E-state index is 13.9. The van der Waals surface area contributed by atoms with E-state index < -0.39 is 35.0 Å². The van der Waals surface area contributed by atoms with Crippen LogP contribution in [-0.4, -0.2) is 69.8 Å². The van der Waals surface area contributed by atoms with Gasteiger partial charge < -0.3 is 25.4 Å². The van der Waals surface area contributed by atoms with Crippen LogP contribution in [0.1, 0.15) is 177 Å². The molecule has 1 saturated heterocycles. The van der Waals surface area contributed by atoms with Crippen molar-refractivity contribution >= 4 is 24.0 Å². The SMILES string of the molecule is CCCCCCCCCCCCCCC(=O)N1CCCCC1CNC(=O)C(N)(CCCC)N(C(=O)OC(C)(C)C)C(=O)OC(C)(C)C. The summed E-state index contributed by atoms with van der Waals surface area (Å²) in [6.45, 7) is 15.1. The number of carbonyl (C=O) groups excluding carboxylic acids is 4. The summed E-state index contributed by atoms with van der Waals surface area (Å²) in [5.74, 6) is -0.563. The van der Waals surface area contributed by atoms with Crippen LogP contribution in [0.5, 0.6) is 0 Å². The minimum atomic E-state index is -2.04. The van der Waals surface area contributed by atoms with Crippen LogP contribution in [0.25, 0.3) is 0 Å². The van der Waals surface area contributed by atoms with Crippen LogP contribution in [-0.2, 0) is 19.1 Å². The van der Waals surface area contributed by atoms with Crippen molar-refractivity contribution in [1.82, 2.24) is 15.1 Å². The number of amides is 4. The summed E-state index contributed by atoms with van der Waals surface area (Å²) in [7, 11) is 0. The quantitative estimate of drug-likeness (QED) is 0.0983. The number of nitrogens with two attached hydrogens (primary N) is 1. The van der Waals surface area contributed by atoms with Crippen LogP contribution >= 0.6 is 0 Å². The Hall–Kier alpha value is -2.36. The number of likely N-dealkylation sites (tertiary alicyclic amines) is 1. The van der Waals surface area contributed by atoms with E-state index in [0.29, 0.717) is 30.7 Å². The number of hydrogen-bond acceptors (Lipinski definition) is 7. The van der Waals surface area contributed by atoms with E-state index in [1.54, 1.807) is 41.5 Å². The summed E-state index contributed by atoms with van der Waals surface area (Å²) in [6.07, 6.45) is 17.2. The van der Waals surface area contributed by atoms with Crippen molar-refractivity contribution in [3.8, 4) is 0 Å². The summed E-state index contributed by atoms with van der Waals surface area (Å²) in [5.41, 5.74) is 2.80. The van der Waals surface area contributed by atoms with E-state index in [1.165, 1.54) is 57.8 Å². The van der Waals surface area contributed by atoms with Crippen LogP contribution in [0.2, 0.25) is 0 Å². The Morgan fingerprint density at radius 1 is 0.723 bits per heavy atom. The third-order valence-electron chi connectivity index (χ3n) is 8.55. The molecule has 0 radical (unpaired) electrons. The lowest BCUT2D eigenvalue weighted by molar-refractivity contribution is -0.137. The number of piperidine rings is 1. The van der Waals surface area contributed by atoms with E-state index >= 15 is 0 Å². The molecule has 1 fully saturated rings. The second-order valence-corrected chi connectivity index (χ2v) is 15.4. The lowest BCUT2D eigenvalue weighted by Crippen LogP contribution is -2.69. The van der Waals surface area contributed by atoms with Gasteiger partial charge in [-0.3, -0.25) is 9.59 Å². The Kier molecular flexibility index (Phi) is 19.6. The van der Waals surface area contributed by atoms with Crippen molar-refractivity contribution in [1.29, 1.82) is 0 Å². The summed E-state index contributed by atoms with van der Waals surface area (Å²) in [6, 6.07) is -0.176. The van der Waals surface area contributed by atoms with E-state index in [0.717, 1.165) is 38.5 Å². The van der Waals surface area contributed by atoms with Crippen LogP contribution < -0.4 is 11.1 Å². The largest absolute Gasteiger partial charge is 0.443 e. The molecule has 10 nitrogen and oxygen atoms in total. The maximum atomic E-state index is 13.9. The fourth-order valence-corrected chi connectivity index (χ4v) is 5.95.